The van der Waals surface area contributed by atoms with Crippen LogP contribution in [0.5, 0.6) is 0 Å². The van der Waals surface area contributed by atoms with Crippen LogP contribution >= 0.6 is 0 Å². The van der Waals surface area contributed by atoms with Crippen LogP contribution < -0.4 is 10.2 Å². The zero-order valence-corrected chi connectivity index (χ0v) is 17.7. The predicted octanol–water partition coefficient (Wildman–Crippen LogP) is 4.93. The van der Waals surface area contributed by atoms with Crippen LogP contribution in [0.15, 0.2) is 83.5 Å². The van der Waals surface area contributed by atoms with Gasteiger partial charge < -0.3 is 14.6 Å². The van der Waals surface area contributed by atoms with Gasteiger partial charge in [-0.2, -0.15) is 0 Å². The second-order valence-corrected chi connectivity index (χ2v) is 7.84. The van der Waals surface area contributed by atoms with Gasteiger partial charge in [-0.3, -0.25) is 4.79 Å². The molecule has 1 aliphatic rings. The maximum atomic E-state index is 13.0. The summed E-state index contributed by atoms with van der Waals surface area (Å²) >= 11 is 0. The maximum absolute atomic E-state index is 13.0. The Labute approximate surface area is 186 Å². The molecule has 32 heavy (non-hydrogen) atoms. The molecule has 2 aromatic heterocycles. The molecule has 1 amide bonds. The molecule has 4 aromatic rings. The summed E-state index contributed by atoms with van der Waals surface area (Å²) in [7, 11) is 0. The third-order valence-corrected chi connectivity index (χ3v) is 5.66. The lowest BCUT2D eigenvalue weighted by Gasteiger charge is -2.16. The van der Waals surface area contributed by atoms with Crippen molar-refractivity contribution in [1.29, 1.82) is 0 Å². The van der Waals surface area contributed by atoms with E-state index in [0.717, 1.165) is 30.0 Å². The van der Waals surface area contributed by atoms with Crippen LogP contribution in [0.1, 0.15) is 28.8 Å². The molecule has 0 spiro atoms. The fourth-order valence-corrected chi connectivity index (χ4v) is 3.93. The number of aromatic nitrogens is 2. The van der Waals surface area contributed by atoms with E-state index in [-0.39, 0.29) is 5.91 Å². The summed E-state index contributed by atoms with van der Waals surface area (Å²) in [5, 5.41) is 2.99. The zero-order valence-electron chi connectivity index (χ0n) is 17.7. The van der Waals surface area contributed by atoms with Crippen molar-refractivity contribution in [3.8, 4) is 22.8 Å². The number of anilines is 1. The van der Waals surface area contributed by atoms with Gasteiger partial charge in [0.25, 0.3) is 5.91 Å². The number of rotatable bonds is 6. The second-order valence-electron chi connectivity index (χ2n) is 7.84. The third-order valence-electron chi connectivity index (χ3n) is 5.66. The molecule has 2 aromatic carbocycles. The number of amides is 1. The fraction of sp³-hybridized carbons (Fsp3) is 0.192. The summed E-state index contributed by atoms with van der Waals surface area (Å²) in [4.78, 5) is 24.2. The molecule has 3 heterocycles. The van der Waals surface area contributed by atoms with E-state index in [1.807, 2.05) is 66.9 Å². The van der Waals surface area contributed by atoms with Crippen LogP contribution in [0, 0.1) is 0 Å². The number of nitrogens with zero attached hydrogens (tertiary/aromatic N) is 3. The lowest BCUT2D eigenvalue weighted by atomic mass is 10.1. The van der Waals surface area contributed by atoms with Crippen molar-refractivity contribution in [3.05, 3.63) is 90.3 Å². The topological polar surface area (TPSA) is 71.3 Å². The van der Waals surface area contributed by atoms with Crippen molar-refractivity contribution in [1.82, 2.24) is 15.3 Å². The molecule has 6 nitrogen and oxygen atoms in total. The lowest BCUT2D eigenvalue weighted by Crippen LogP contribution is -2.24. The number of carbonyl (C=O) groups is 1. The Bertz CT molecular complexity index is 1200. The summed E-state index contributed by atoms with van der Waals surface area (Å²) in [6.45, 7) is 2.53. The molecule has 1 fully saturated rings. The SMILES string of the molecule is O=C(NCc1ccc(N2CCCC2)nc1)c1ccccc1-c1ncc(-c2ccccc2)o1. The average Bonchev–Trinajstić information content (AvgIpc) is 3.56. The maximum Gasteiger partial charge on any atom is 0.252 e. The Morgan fingerprint density at radius 2 is 1.69 bits per heavy atom. The average molecular weight is 425 g/mol. The van der Waals surface area contributed by atoms with E-state index in [0.29, 0.717) is 29.3 Å². The van der Waals surface area contributed by atoms with E-state index < -0.39 is 0 Å². The second kappa shape index (κ2) is 9.06. The van der Waals surface area contributed by atoms with Gasteiger partial charge in [0.05, 0.1) is 11.8 Å². The number of benzene rings is 2. The van der Waals surface area contributed by atoms with Crippen molar-refractivity contribution >= 4 is 11.7 Å². The van der Waals surface area contributed by atoms with E-state index >= 15 is 0 Å². The number of oxazole rings is 1. The first kappa shape index (κ1) is 20.0. The van der Waals surface area contributed by atoms with Gasteiger partial charge in [-0.05, 0) is 36.6 Å². The van der Waals surface area contributed by atoms with Gasteiger partial charge in [0.15, 0.2) is 5.76 Å². The zero-order chi connectivity index (χ0) is 21.8. The summed E-state index contributed by atoms with van der Waals surface area (Å²) in [6, 6.07) is 21.2. The molecule has 6 heteroatoms. The molecule has 5 rings (SSSR count). The van der Waals surface area contributed by atoms with Crippen LogP contribution in [-0.2, 0) is 6.54 Å². The van der Waals surface area contributed by atoms with Crippen molar-refractivity contribution in [3.63, 3.8) is 0 Å². The Morgan fingerprint density at radius 3 is 2.47 bits per heavy atom. The monoisotopic (exact) mass is 424 g/mol. The van der Waals surface area contributed by atoms with Gasteiger partial charge in [-0.25, -0.2) is 9.97 Å². The quantitative estimate of drug-likeness (QED) is 0.475. The van der Waals surface area contributed by atoms with Crippen LogP contribution in [0.3, 0.4) is 0 Å². The van der Waals surface area contributed by atoms with E-state index in [9.17, 15) is 4.79 Å². The van der Waals surface area contributed by atoms with Crippen LogP contribution in [-0.4, -0.2) is 29.0 Å². The molecule has 1 aliphatic heterocycles. The number of nitrogens with one attached hydrogen (secondary N) is 1. The first-order valence-corrected chi connectivity index (χ1v) is 10.9. The first-order chi connectivity index (χ1) is 15.8. The highest BCUT2D eigenvalue weighted by Crippen LogP contribution is 2.28. The normalized spacial score (nSPS) is 13.3. The molecule has 0 saturated carbocycles. The van der Waals surface area contributed by atoms with E-state index in [1.54, 1.807) is 12.3 Å². The van der Waals surface area contributed by atoms with Gasteiger partial charge in [0.2, 0.25) is 5.89 Å². The largest absolute Gasteiger partial charge is 0.436 e. The summed E-state index contributed by atoms with van der Waals surface area (Å²) < 4.78 is 5.97. The summed E-state index contributed by atoms with van der Waals surface area (Å²) in [6.07, 6.45) is 5.96. The van der Waals surface area contributed by atoms with Crippen molar-refractivity contribution in [2.24, 2.45) is 0 Å². The van der Waals surface area contributed by atoms with Crippen molar-refractivity contribution < 1.29 is 9.21 Å². The molecule has 1 saturated heterocycles. The smallest absolute Gasteiger partial charge is 0.252 e. The summed E-state index contributed by atoms with van der Waals surface area (Å²) in [5.41, 5.74) is 3.09. The Hall–Kier alpha value is -3.93. The highest BCUT2D eigenvalue weighted by Gasteiger charge is 2.17. The number of hydrogen-bond donors (Lipinski definition) is 1. The van der Waals surface area contributed by atoms with Crippen LogP contribution in [0.2, 0.25) is 0 Å². The molecular weight excluding hydrogens is 400 g/mol. The highest BCUT2D eigenvalue weighted by molar-refractivity contribution is 6.00. The molecule has 0 bridgehead atoms. The van der Waals surface area contributed by atoms with Gasteiger partial charge in [-0.15, -0.1) is 0 Å². The van der Waals surface area contributed by atoms with Gasteiger partial charge in [-0.1, -0.05) is 48.5 Å². The number of pyridine rings is 1. The molecule has 0 radical (unpaired) electrons. The van der Waals surface area contributed by atoms with Gasteiger partial charge in [0.1, 0.15) is 5.82 Å². The van der Waals surface area contributed by atoms with Gasteiger partial charge in [0, 0.05) is 37.0 Å². The van der Waals surface area contributed by atoms with Crippen molar-refractivity contribution in [2.75, 3.05) is 18.0 Å². The molecule has 1 N–H and O–H groups in total. The molecule has 0 aliphatic carbocycles. The molecule has 0 atom stereocenters. The predicted molar refractivity (Wildman–Crippen MR) is 124 cm³/mol. The first-order valence-electron chi connectivity index (χ1n) is 10.9. The Balaban J connectivity index is 1.29. The molecule has 0 unspecified atom stereocenters. The van der Waals surface area contributed by atoms with E-state index in [1.165, 1.54) is 12.8 Å². The lowest BCUT2D eigenvalue weighted by molar-refractivity contribution is 0.0951. The number of carbonyl (C=O) groups excluding carboxylic acids is 1. The van der Waals surface area contributed by atoms with Crippen molar-refractivity contribution in [2.45, 2.75) is 19.4 Å². The fourth-order valence-electron chi connectivity index (χ4n) is 3.93. The van der Waals surface area contributed by atoms with Gasteiger partial charge >= 0.3 is 0 Å². The Morgan fingerprint density at radius 1 is 0.906 bits per heavy atom. The van der Waals surface area contributed by atoms with E-state index in [2.05, 4.69) is 20.2 Å². The van der Waals surface area contributed by atoms with Crippen LogP contribution in [0.25, 0.3) is 22.8 Å². The minimum absolute atomic E-state index is 0.177. The molecular formula is C26H24N4O2. The Kier molecular flexibility index (Phi) is 5.66. The van der Waals surface area contributed by atoms with Crippen LogP contribution in [0.4, 0.5) is 5.82 Å². The third kappa shape index (κ3) is 4.25. The minimum atomic E-state index is -0.177. The number of hydrogen-bond acceptors (Lipinski definition) is 5. The summed E-state index contributed by atoms with van der Waals surface area (Å²) in [5.74, 6) is 1.91. The highest BCUT2D eigenvalue weighted by atomic mass is 16.4. The minimum Gasteiger partial charge on any atom is -0.436 e. The van der Waals surface area contributed by atoms with E-state index in [4.69, 9.17) is 4.42 Å². The standard InChI is InChI=1S/C26H24N4O2/c31-25(28-17-19-12-13-24(27-16-19)30-14-6-7-15-30)21-10-4-5-11-22(21)26-29-18-23(32-26)20-8-2-1-3-9-20/h1-5,8-13,16,18H,6-7,14-15,17H2,(H,28,31). The molecule has 160 valence electrons.